The van der Waals surface area contributed by atoms with E-state index in [1.807, 2.05) is 12.1 Å². The lowest BCUT2D eigenvalue weighted by Gasteiger charge is -2.34. The minimum absolute atomic E-state index is 0.145. The van der Waals surface area contributed by atoms with Gasteiger partial charge in [-0.15, -0.1) is 0 Å². The second-order valence-electron chi connectivity index (χ2n) is 7.29. The number of aromatic nitrogens is 1. The van der Waals surface area contributed by atoms with E-state index in [0.29, 0.717) is 21.6 Å². The third kappa shape index (κ3) is 3.66. The van der Waals surface area contributed by atoms with Crippen LogP contribution in [-0.4, -0.2) is 53.1 Å². The fourth-order valence-electron chi connectivity index (χ4n) is 2.57. The number of nitrogens with zero attached hydrogens (tertiary/aromatic N) is 3. The van der Waals surface area contributed by atoms with Crippen LogP contribution in [0.4, 0.5) is 5.69 Å². The van der Waals surface area contributed by atoms with Gasteiger partial charge in [-0.1, -0.05) is 32.4 Å². The van der Waals surface area contributed by atoms with Crippen molar-refractivity contribution in [2.75, 3.05) is 38.5 Å². The molecule has 0 radical (unpaired) electrons. The zero-order chi connectivity index (χ0) is 17.5. The summed E-state index contributed by atoms with van der Waals surface area (Å²) in [6.45, 7) is 10.1. The Balaban J connectivity index is 1.81. The minimum atomic E-state index is -0.145. The van der Waals surface area contributed by atoms with Crippen molar-refractivity contribution in [1.82, 2.24) is 14.8 Å². The summed E-state index contributed by atoms with van der Waals surface area (Å²) in [6.07, 6.45) is 0. The highest BCUT2D eigenvalue weighted by Crippen LogP contribution is 2.32. The summed E-state index contributed by atoms with van der Waals surface area (Å²) in [5.74, 6) is 0.701. The van der Waals surface area contributed by atoms with Crippen molar-refractivity contribution in [3.8, 4) is 0 Å². The Bertz CT molecular complexity index is 760. The number of benzene rings is 1. The lowest BCUT2D eigenvalue weighted by atomic mass is 9.97. The van der Waals surface area contributed by atoms with Gasteiger partial charge in [-0.2, -0.15) is 0 Å². The molecule has 0 spiro atoms. The Morgan fingerprint density at radius 2 is 1.92 bits per heavy atom. The fraction of sp³-hybridized carbons (Fsp3) is 0.529. The SMILES string of the molecule is CN1CCN(C(=S)Nc2cc3oc(C(C)(C)C)nc3cc2Cl)CC1. The number of hydrogen-bond acceptors (Lipinski definition) is 4. The maximum atomic E-state index is 6.40. The van der Waals surface area contributed by atoms with Crippen molar-refractivity contribution in [3.63, 3.8) is 0 Å². The third-order valence-electron chi connectivity index (χ3n) is 4.15. The first-order chi connectivity index (χ1) is 11.2. The van der Waals surface area contributed by atoms with Crippen molar-refractivity contribution in [2.45, 2.75) is 26.2 Å². The molecule has 1 saturated heterocycles. The molecule has 1 aliphatic heterocycles. The number of halogens is 1. The van der Waals surface area contributed by atoms with E-state index in [2.05, 4.69) is 47.9 Å². The lowest BCUT2D eigenvalue weighted by Crippen LogP contribution is -2.48. The fourth-order valence-corrected chi connectivity index (χ4v) is 3.07. The molecule has 1 aromatic carbocycles. The van der Waals surface area contributed by atoms with Crippen LogP contribution in [0.1, 0.15) is 26.7 Å². The average molecular weight is 367 g/mol. The van der Waals surface area contributed by atoms with Gasteiger partial charge < -0.3 is 19.5 Å². The first-order valence-corrected chi connectivity index (χ1v) is 8.88. The van der Waals surface area contributed by atoms with Crippen LogP contribution < -0.4 is 5.32 Å². The summed E-state index contributed by atoms with van der Waals surface area (Å²) in [4.78, 5) is 8.99. The second kappa shape index (κ2) is 6.50. The molecule has 0 saturated carbocycles. The lowest BCUT2D eigenvalue weighted by molar-refractivity contribution is 0.217. The van der Waals surface area contributed by atoms with Gasteiger partial charge in [0.2, 0.25) is 5.89 Å². The molecule has 1 fully saturated rings. The van der Waals surface area contributed by atoms with E-state index >= 15 is 0 Å². The maximum absolute atomic E-state index is 6.40. The van der Waals surface area contributed by atoms with Crippen LogP contribution in [0.15, 0.2) is 16.5 Å². The minimum Gasteiger partial charge on any atom is -0.440 e. The van der Waals surface area contributed by atoms with Crippen molar-refractivity contribution in [2.24, 2.45) is 0 Å². The molecule has 0 bridgehead atoms. The number of thiocarbonyl (C=S) groups is 1. The van der Waals surface area contributed by atoms with Crippen LogP contribution in [0.2, 0.25) is 5.02 Å². The summed E-state index contributed by atoms with van der Waals surface area (Å²) in [7, 11) is 2.12. The molecule has 24 heavy (non-hydrogen) atoms. The van der Waals surface area contributed by atoms with Gasteiger partial charge in [0, 0.05) is 37.7 Å². The first kappa shape index (κ1) is 17.5. The Morgan fingerprint density at radius 3 is 2.54 bits per heavy atom. The van der Waals surface area contributed by atoms with Crippen LogP contribution in [-0.2, 0) is 5.41 Å². The topological polar surface area (TPSA) is 44.5 Å². The molecular formula is C17H23ClN4OS. The molecule has 7 heteroatoms. The predicted molar refractivity (Wildman–Crippen MR) is 103 cm³/mol. The van der Waals surface area contributed by atoms with Crippen molar-refractivity contribution in [1.29, 1.82) is 0 Å². The zero-order valence-corrected chi connectivity index (χ0v) is 16.1. The number of oxazole rings is 1. The number of hydrogen-bond donors (Lipinski definition) is 1. The van der Waals surface area contributed by atoms with Crippen molar-refractivity contribution in [3.05, 3.63) is 23.0 Å². The highest BCUT2D eigenvalue weighted by molar-refractivity contribution is 7.80. The van der Waals surface area contributed by atoms with Crippen LogP contribution >= 0.6 is 23.8 Å². The summed E-state index contributed by atoms with van der Waals surface area (Å²) < 4.78 is 5.90. The van der Waals surface area contributed by atoms with Crippen LogP contribution in [0.3, 0.4) is 0 Å². The quantitative estimate of drug-likeness (QED) is 0.776. The number of piperazine rings is 1. The molecule has 2 heterocycles. The Morgan fingerprint density at radius 1 is 1.25 bits per heavy atom. The smallest absolute Gasteiger partial charge is 0.200 e. The molecule has 2 aromatic rings. The monoisotopic (exact) mass is 366 g/mol. The van der Waals surface area contributed by atoms with Gasteiger partial charge in [0.15, 0.2) is 10.7 Å². The van der Waals surface area contributed by atoms with Gasteiger partial charge >= 0.3 is 0 Å². The van der Waals surface area contributed by atoms with Gasteiger partial charge in [0.1, 0.15) is 5.52 Å². The van der Waals surface area contributed by atoms with Gasteiger partial charge in [0.05, 0.1) is 10.7 Å². The number of anilines is 1. The average Bonchev–Trinajstić information content (AvgIpc) is 2.91. The summed E-state index contributed by atoms with van der Waals surface area (Å²) in [6, 6.07) is 3.70. The second-order valence-corrected chi connectivity index (χ2v) is 8.08. The van der Waals surface area contributed by atoms with Crippen LogP contribution in [0.5, 0.6) is 0 Å². The van der Waals surface area contributed by atoms with Gasteiger partial charge in [-0.25, -0.2) is 4.98 Å². The van der Waals surface area contributed by atoms with E-state index < -0.39 is 0 Å². The van der Waals surface area contributed by atoms with Crippen molar-refractivity contribution >= 4 is 45.7 Å². The zero-order valence-electron chi connectivity index (χ0n) is 14.5. The molecule has 5 nitrogen and oxygen atoms in total. The number of nitrogens with one attached hydrogen (secondary N) is 1. The summed E-state index contributed by atoms with van der Waals surface area (Å²) >= 11 is 11.9. The molecule has 0 aliphatic carbocycles. The number of likely N-dealkylation sites (N-methyl/N-ethyl adjacent to an activating group) is 1. The first-order valence-electron chi connectivity index (χ1n) is 8.09. The molecule has 130 valence electrons. The molecule has 1 aliphatic rings. The van der Waals surface area contributed by atoms with Crippen LogP contribution in [0.25, 0.3) is 11.1 Å². The van der Waals surface area contributed by atoms with E-state index in [1.54, 1.807) is 0 Å². The van der Waals surface area contributed by atoms with Crippen LogP contribution in [0, 0.1) is 0 Å². The van der Waals surface area contributed by atoms with E-state index in [4.69, 9.17) is 28.2 Å². The van der Waals surface area contributed by atoms with Gasteiger partial charge in [0.25, 0.3) is 0 Å². The van der Waals surface area contributed by atoms with Crippen molar-refractivity contribution < 1.29 is 4.42 Å². The molecule has 1 aromatic heterocycles. The highest BCUT2D eigenvalue weighted by Gasteiger charge is 2.22. The largest absolute Gasteiger partial charge is 0.440 e. The Hall–Kier alpha value is -1.37. The standard InChI is InChI=1S/C17H23ClN4OS/c1-17(2,3)15-19-13-9-11(18)12(10-14(13)23-15)20-16(24)22-7-5-21(4)6-8-22/h9-10H,5-8H2,1-4H3,(H,20,24). The molecule has 1 N–H and O–H groups in total. The van der Waals surface area contributed by atoms with E-state index in [1.165, 1.54) is 0 Å². The Labute approximate surface area is 153 Å². The summed E-state index contributed by atoms with van der Waals surface area (Å²) in [5.41, 5.74) is 2.09. The molecule has 0 amide bonds. The van der Waals surface area contributed by atoms with Gasteiger partial charge in [-0.05, 0) is 25.3 Å². The highest BCUT2D eigenvalue weighted by atomic mass is 35.5. The van der Waals surface area contributed by atoms with Gasteiger partial charge in [-0.3, -0.25) is 0 Å². The number of rotatable bonds is 1. The Kier molecular flexibility index (Phi) is 4.73. The summed E-state index contributed by atoms with van der Waals surface area (Å²) in [5, 5.41) is 4.54. The van der Waals surface area contributed by atoms with E-state index in [-0.39, 0.29) is 5.41 Å². The molecular weight excluding hydrogens is 344 g/mol. The normalized spacial score (nSPS) is 16.6. The predicted octanol–water partition coefficient (Wildman–Crippen LogP) is 3.72. The molecule has 3 rings (SSSR count). The van der Waals surface area contributed by atoms with E-state index in [9.17, 15) is 0 Å². The molecule has 0 atom stereocenters. The van der Waals surface area contributed by atoms with E-state index in [0.717, 1.165) is 37.4 Å². The number of fused-ring (bicyclic) bond motifs is 1. The third-order valence-corrected chi connectivity index (χ3v) is 4.82. The maximum Gasteiger partial charge on any atom is 0.200 e. The molecule has 0 unspecified atom stereocenters.